The first-order chi connectivity index (χ1) is 11.7. The number of pyridine rings is 1. The Hall–Kier alpha value is -3.14. The van der Waals surface area contributed by atoms with Gasteiger partial charge in [0.1, 0.15) is 0 Å². The molecule has 0 aliphatic heterocycles. The number of carbonyl (C=O) groups is 1. The minimum absolute atomic E-state index is 0.0752. The number of nitrogens with one attached hydrogen (secondary N) is 2. The van der Waals surface area contributed by atoms with E-state index in [4.69, 9.17) is 0 Å². The maximum atomic E-state index is 11.3. The van der Waals surface area contributed by atoms with Gasteiger partial charge in [-0.25, -0.2) is 0 Å². The highest BCUT2D eigenvalue weighted by atomic mass is 16.1. The van der Waals surface area contributed by atoms with Crippen molar-refractivity contribution in [3.63, 3.8) is 0 Å². The molecule has 0 saturated heterocycles. The summed E-state index contributed by atoms with van der Waals surface area (Å²) >= 11 is 0. The summed E-state index contributed by atoms with van der Waals surface area (Å²) in [6, 6.07) is 21.8. The van der Waals surface area contributed by atoms with Crippen molar-refractivity contribution in [2.24, 2.45) is 0 Å². The predicted octanol–water partition coefficient (Wildman–Crippen LogP) is 4.32. The summed E-state index contributed by atoms with van der Waals surface area (Å²) in [6.07, 6.45) is 1.79. The third-order valence-corrected chi connectivity index (χ3v) is 3.65. The molecule has 0 saturated carbocycles. The first kappa shape index (κ1) is 15.7. The molecule has 0 aliphatic rings. The number of carbonyl (C=O) groups excluding carboxylic acids is 1. The molecule has 2 N–H and O–H groups in total. The van der Waals surface area contributed by atoms with Gasteiger partial charge < -0.3 is 10.6 Å². The number of amides is 1. The van der Waals surface area contributed by atoms with Gasteiger partial charge in [0.05, 0.1) is 11.4 Å². The van der Waals surface area contributed by atoms with Crippen molar-refractivity contribution in [1.29, 1.82) is 0 Å². The Balaban J connectivity index is 1.83. The largest absolute Gasteiger partial charge is 0.379 e. The van der Waals surface area contributed by atoms with Crippen LogP contribution in [0.15, 0.2) is 72.9 Å². The zero-order chi connectivity index (χ0) is 16.8. The fourth-order valence-corrected chi connectivity index (χ4v) is 2.55. The third-order valence-electron chi connectivity index (χ3n) is 3.65. The van der Waals surface area contributed by atoms with E-state index in [2.05, 4.69) is 15.6 Å². The van der Waals surface area contributed by atoms with Crippen LogP contribution in [0.2, 0.25) is 0 Å². The second-order valence-corrected chi connectivity index (χ2v) is 5.46. The summed E-state index contributed by atoms with van der Waals surface area (Å²) in [7, 11) is 0. The van der Waals surface area contributed by atoms with E-state index in [0.717, 1.165) is 28.2 Å². The smallest absolute Gasteiger partial charge is 0.221 e. The minimum Gasteiger partial charge on any atom is -0.379 e. The highest BCUT2D eigenvalue weighted by molar-refractivity contribution is 5.89. The van der Waals surface area contributed by atoms with Gasteiger partial charge in [0, 0.05) is 30.9 Å². The molecule has 0 bridgehead atoms. The van der Waals surface area contributed by atoms with Crippen molar-refractivity contribution >= 4 is 17.3 Å². The zero-order valence-corrected chi connectivity index (χ0v) is 13.5. The molecule has 0 spiro atoms. The van der Waals surface area contributed by atoms with Crippen molar-refractivity contribution < 1.29 is 4.79 Å². The highest BCUT2D eigenvalue weighted by Crippen LogP contribution is 2.26. The van der Waals surface area contributed by atoms with E-state index in [1.165, 1.54) is 6.92 Å². The molecule has 4 nitrogen and oxygen atoms in total. The van der Waals surface area contributed by atoms with Crippen LogP contribution in [0.3, 0.4) is 0 Å². The Bertz CT molecular complexity index is 831. The first-order valence-corrected chi connectivity index (χ1v) is 7.84. The molecular weight excluding hydrogens is 298 g/mol. The van der Waals surface area contributed by atoms with Crippen LogP contribution in [0.1, 0.15) is 12.5 Å². The van der Waals surface area contributed by atoms with E-state index in [9.17, 15) is 4.79 Å². The van der Waals surface area contributed by atoms with E-state index < -0.39 is 0 Å². The summed E-state index contributed by atoms with van der Waals surface area (Å²) < 4.78 is 0. The lowest BCUT2D eigenvalue weighted by atomic mass is 10.1. The average molecular weight is 317 g/mol. The summed E-state index contributed by atoms with van der Waals surface area (Å²) in [6.45, 7) is 2.11. The fourth-order valence-electron chi connectivity index (χ4n) is 2.55. The average Bonchev–Trinajstić information content (AvgIpc) is 2.61. The van der Waals surface area contributed by atoms with Crippen LogP contribution >= 0.6 is 0 Å². The molecule has 0 aliphatic carbocycles. The van der Waals surface area contributed by atoms with Crippen molar-refractivity contribution in [1.82, 2.24) is 4.98 Å². The molecule has 1 amide bonds. The molecule has 0 atom stereocenters. The van der Waals surface area contributed by atoms with Gasteiger partial charge in [0.2, 0.25) is 5.91 Å². The summed E-state index contributed by atoms with van der Waals surface area (Å²) in [5, 5.41) is 6.29. The molecule has 2 aromatic carbocycles. The van der Waals surface area contributed by atoms with Crippen LogP contribution in [0.25, 0.3) is 11.3 Å². The molecule has 1 aromatic heterocycles. The van der Waals surface area contributed by atoms with Crippen LogP contribution < -0.4 is 10.6 Å². The van der Waals surface area contributed by atoms with E-state index >= 15 is 0 Å². The standard InChI is InChI=1S/C20H19N3O/c1-15(24)23-18-11-6-5-10-17(18)14-22-19-12-7-13-21-20(19)16-8-3-2-4-9-16/h2-13,22H,14H2,1H3,(H,23,24). The summed E-state index contributed by atoms with van der Waals surface area (Å²) in [5.41, 5.74) is 4.78. The maximum absolute atomic E-state index is 11.3. The van der Waals surface area contributed by atoms with E-state index in [-0.39, 0.29) is 5.91 Å². The first-order valence-electron chi connectivity index (χ1n) is 7.84. The van der Waals surface area contributed by atoms with Gasteiger partial charge in [-0.2, -0.15) is 0 Å². The second kappa shape index (κ2) is 7.42. The van der Waals surface area contributed by atoms with Crippen LogP contribution in [0.4, 0.5) is 11.4 Å². The van der Waals surface area contributed by atoms with Gasteiger partial charge in [-0.05, 0) is 23.8 Å². The van der Waals surface area contributed by atoms with Crippen molar-refractivity contribution in [3.05, 3.63) is 78.5 Å². The molecule has 1 heterocycles. The van der Waals surface area contributed by atoms with Gasteiger partial charge in [-0.3, -0.25) is 9.78 Å². The summed E-state index contributed by atoms with van der Waals surface area (Å²) in [5.74, 6) is -0.0752. The number of nitrogens with zero attached hydrogens (tertiary/aromatic N) is 1. The number of hydrogen-bond acceptors (Lipinski definition) is 3. The second-order valence-electron chi connectivity index (χ2n) is 5.46. The Morgan fingerprint density at radius 1 is 0.917 bits per heavy atom. The molecule has 3 aromatic rings. The van der Waals surface area contributed by atoms with Crippen LogP contribution in [-0.4, -0.2) is 10.9 Å². The molecule has 0 fully saturated rings. The maximum Gasteiger partial charge on any atom is 0.221 e. The SMILES string of the molecule is CC(=O)Nc1ccccc1CNc1cccnc1-c1ccccc1. The molecule has 24 heavy (non-hydrogen) atoms. The zero-order valence-electron chi connectivity index (χ0n) is 13.5. The lowest BCUT2D eigenvalue weighted by molar-refractivity contribution is -0.114. The number of aromatic nitrogens is 1. The van der Waals surface area contributed by atoms with Crippen LogP contribution in [0, 0.1) is 0 Å². The van der Waals surface area contributed by atoms with E-state index in [0.29, 0.717) is 6.54 Å². The quantitative estimate of drug-likeness (QED) is 0.737. The number of anilines is 2. The number of hydrogen-bond donors (Lipinski definition) is 2. The third kappa shape index (κ3) is 3.79. The number of rotatable bonds is 5. The monoisotopic (exact) mass is 317 g/mol. The lowest BCUT2D eigenvalue weighted by Gasteiger charge is -2.14. The van der Waals surface area contributed by atoms with Gasteiger partial charge in [0.25, 0.3) is 0 Å². The topological polar surface area (TPSA) is 54.0 Å². The highest BCUT2D eigenvalue weighted by Gasteiger charge is 2.07. The molecular formula is C20H19N3O. The summed E-state index contributed by atoms with van der Waals surface area (Å²) in [4.78, 5) is 15.8. The molecule has 3 rings (SSSR count). The molecule has 4 heteroatoms. The van der Waals surface area contributed by atoms with Gasteiger partial charge in [0.15, 0.2) is 0 Å². The molecule has 0 unspecified atom stereocenters. The van der Waals surface area contributed by atoms with E-state index in [1.807, 2.05) is 66.7 Å². The van der Waals surface area contributed by atoms with Crippen LogP contribution in [-0.2, 0) is 11.3 Å². The Kier molecular flexibility index (Phi) is 4.87. The fraction of sp³-hybridized carbons (Fsp3) is 0.100. The van der Waals surface area contributed by atoms with Crippen molar-refractivity contribution in [2.45, 2.75) is 13.5 Å². The minimum atomic E-state index is -0.0752. The number of benzene rings is 2. The van der Waals surface area contributed by atoms with Gasteiger partial charge in [-0.1, -0.05) is 48.5 Å². The van der Waals surface area contributed by atoms with Crippen molar-refractivity contribution in [3.8, 4) is 11.3 Å². The van der Waals surface area contributed by atoms with E-state index in [1.54, 1.807) is 6.20 Å². The lowest BCUT2D eigenvalue weighted by Crippen LogP contribution is -2.10. The normalized spacial score (nSPS) is 10.2. The predicted molar refractivity (Wildman–Crippen MR) is 97.7 cm³/mol. The van der Waals surface area contributed by atoms with Crippen molar-refractivity contribution in [2.75, 3.05) is 10.6 Å². The van der Waals surface area contributed by atoms with Gasteiger partial charge in [-0.15, -0.1) is 0 Å². The Labute approximate surface area is 141 Å². The molecule has 0 radical (unpaired) electrons. The van der Waals surface area contributed by atoms with Gasteiger partial charge >= 0.3 is 0 Å². The number of para-hydroxylation sites is 1. The molecule has 120 valence electrons. The Morgan fingerprint density at radius 3 is 2.42 bits per heavy atom. The van der Waals surface area contributed by atoms with Crippen LogP contribution in [0.5, 0.6) is 0 Å². The Morgan fingerprint density at radius 2 is 1.62 bits per heavy atom.